The lowest BCUT2D eigenvalue weighted by Crippen LogP contribution is -2.46. The summed E-state index contributed by atoms with van der Waals surface area (Å²) in [6.45, 7) is 5.66. The van der Waals surface area contributed by atoms with Crippen molar-refractivity contribution >= 4 is 17.7 Å². The molecule has 6 unspecified atom stereocenters. The molecule has 0 aromatic rings. The van der Waals surface area contributed by atoms with Crippen molar-refractivity contribution in [2.75, 3.05) is 0 Å². The first kappa shape index (κ1) is 29.1. The fraction of sp³-hybridized carbons (Fsp3) is 0.897. The van der Waals surface area contributed by atoms with Gasteiger partial charge in [-0.1, -0.05) is 78.1 Å². The third-order valence-corrected chi connectivity index (χ3v) is 7.85. The first-order chi connectivity index (χ1) is 17.3. The summed E-state index contributed by atoms with van der Waals surface area (Å²) in [6.07, 6.45) is 15.1. The summed E-state index contributed by atoms with van der Waals surface area (Å²) < 4.78 is 23.8. The summed E-state index contributed by atoms with van der Waals surface area (Å²) in [5.74, 6) is -1.44. The molecular formula is C29H48O7. The van der Waals surface area contributed by atoms with Gasteiger partial charge in [-0.3, -0.25) is 14.4 Å². The molecule has 0 bridgehead atoms. The maximum absolute atomic E-state index is 12.7. The van der Waals surface area contributed by atoms with Crippen LogP contribution in [-0.4, -0.2) is 47.9 Å². The Labute approximate surface area is 217 Å². The minimum Gasteiger partial charge on any atom is -0.462 e. The van der Waals surface area contributed by atoms with Crippen LogP contribution >= 0.6 is 0 Å². The molecular weight excluding hydrogens is 460 g/mol. The van der Waals surface area contributed by atoms with Crippen LogP contribution < -0.4 is 0 Å². The number of hydrogen-bond donors (Lipinski definition) is 0. The van der Waals surface area contributed by atoms with Crippen LogP contribution in [-0.2, 0) is 33.3 Å². The molecule has 0 radical (unpaired) electrons. The van der Waals surface area contributed by atoms with Gasteiger partial charge in [0.2, 0.25) is 0 Å². The van der Waals surface area contributed by atoms with Crippen LogP contribution in [0.2, 0.25) is 0 Å². The van der Waals surface area contributed by atoms with E-state index in [4.69, 9.17) is 18.9 Å². The highest BCUT2D eigenvalue weighted by Crippen LogP contribution is 2.45. The number of carbonyl (C=O) groups is 3. The largest absolute Gasteiger partial charge is 0.462 e. The van der Waals surface area contributed by atoms with E-state index >= 15 is 0 Å². The number of carbonyl (C=O) groups excluding carboxylic acids is 3. The summed E-state index contributed by atoms with van der Waals surface area (Å²) in [5.41, 5.74) is 0. The number of rotatable bonds is 15. The molecule has 3 saturated heterocycles. The van der Waals surface area contributed by atoms with Gasteiger partial charge in [0.15, 0.2) is 5.79 Å². The van der Waals surface area contributed by atoms with Gasteiger partial charge in [0.25, 0.3) is 0 Å². The molecule has 1 spiro atoms. The molecule has 0 aromatic heterocycles. The Bertz CT molecular complexity index is 722. The van der Waals surface area contributed by atoms with Crippen molar-refractivity contribution < 1.29 is 33.3 Å². The summed E-state index contributed by atoms with van der Waals surface area (Å²) in [6, 6.07) is 0. The number of hydrogen-bond acceptors (Lipinski definition) is 7. The van der Waals surface area contributed by atoms with Crippen molar-refractivity contribution in [2.45, 2.75) is 160 Å². The molecule has 7 nitrogen and oxygen atoms in total. The second-order valence-electron chi connectivity index (χ2n) is 11.4. The van der Waals surface area contributed by atoms with Gasteiger partial charge in [-0.05, 0) is 18.8 Å². The van der Waals surface area contributed by atoms with Gasteiger partial charge in [0.05, 0.1) is 18.9 Å². The molecule has 0 aromatic carbocycles. The summed E-state index contributed by atoms with van der Waals surface area (Å²) in [4.78, 5) is 36.3. The van der Waals surface area contributed by atoms with Crippen molar-refractivity contribution in [3.8, 4) is 0 Å². The highest BCUT2D eigenvalue weighted by Gasteiger charge is 2.56. The van der Waals surface area contributed by atoms with Gasteiger partial charge < -0.3 is 18.9 Å². The highest BCUT2D eigenvalue weighted by atomic mass is 16.7. The van der Waals surface area contributed by atoms with Crippen molar-refractivity contribution in [1.82, 2.24) is 0 Å². The number of Topliss-reactive ketones (excluding diaryl/α,β-unsaturated/α-hetero) is 1. The topological polar surface area (TPSA) is 88.1 Å². The Morgan fingerprint density at radius 3 is 2.25 bits per heavy atom. The molecule has 3 rings (SSSR count). The lowest BCUT2D eigenvalue weighted by Gasteiger charge is -2.38. The standard InChI is InChI=1S/C29H48O7/c1-4-5-6-7-8-9-10-11-12-13-14-15-24(33-22(3)30)18-25-17-23(31)19-29(35-25)20-26-28(36-29)21(2)16-27(32)34-26/h21,24-26,28H,4-20H2,1-3H3. The monoisotopic (exact) mass is 508 g/mol. The van der Waals surface area contributed by atoms with E-state index < -0.39 is 5.79 Å². The molecule has 3 aliphatic rings. The van der Waals surface area contributed by atoms with Crippen LogP contribution in [0.3, 0.4) is 0 Å². The highest BCUT2D eigenvalue weighted by molar-refractivity contribution is 5.80. The zero-order chi connectivity index (χ0) is 26.0. The summed E-state index contributed by atoms with van der Waals surface area (Å²) in [5, 5.41) is 0. The maximum atomic E-state index is 12.7. The summed E-state index contributed by atoms with van der Waals surface area (Å²) >= 11 is 0. The van der Waals surface area contributed by atoms with E-state index in [9.17, 15) is 14.4 Å². The van der Waals surface area contributed by atoms with Crippen molar-refractivity contribution in [2.24, 2.45) is 5.92 Å². The Hall–Kier alpha value is -1.47. The Balaban J connectivity index is 1.41. The van der Waals surface area contributed by atoms with Gasteiger partial charge >= 0.3 is 11.9 Å². The molecule has 0 N–H and O–H groups in total. The molecule has 3 aliphatic heterocycles. The Morgan fingerprint density at radius 1 is 0.972 bits per heavy atom. The molecule has 206 valence electrons. The van der Waals surface area contributed by atoms with Crippen molar-refractivity contribution in [3.05, 3.63) is 0 Å². The van der Waals surface area contributed by atoms with E-state index in [1.54, 1.807) is 0 Å². The number of unbranched alkanes of at least 4 members (excludes halogenated alkanes) is 10. The average molecular weight is 509 g/mol. The normalized spacial score (nSPS) is 30.8. The molecule has 3 fully saturated rings. The molecule has 36 heavy (non-hydrogen) atoms. The molecule has 6 atom stereocenters. The number of ketones is 1. The minimum atomic E-state index is -1.04. The van der Waals surface area contributed by atoms with Gasteiger partial charge in [-0.15, -0.1) is 0 Å². The van der Waals surface area contributed by atoms with Crippen LogP contribution in [0, 0.1) is 5.92 Å². The van der Waals surface area contributed by atoms with Gasteiger partial charge in [0.1, 0.15) is 24.1 Å². The van der Waals surface area contributed by atoms with Crippen LogP contribution in [0.25, 0.3) is 0 Å². The SMILES string of the molecule is CCCCCCCCCCCCCC(CC1CC(=O)CC2(CC3OC(=O)CC(C)C3O2)O1)OC(C)=O. The lowest BCUT2D eigenvalue weighted by molar-refractivity contribution is -0.270. The summed E-state index contributed by atoms with van der Waals surface area (Å²) in [7, 11) is 0. The Kier molecular flexibility index (Phi) is 11.7. The lowest BCUT2D eigenvalue weighted by atomic mass is 9.90. The first-order valence-corrected chi connectivity index (χ1v) is 14.5. The van der Waals surface area contributed by atoms with E-state index in [0.717, 1.165) is 19.3 Å². The minimum absolute atomic E-state index is 0.0320. The predicted molar refractivity (Wildman–Crippen MR) is 136 cm³/mol. The van der Waals surface area contributed by atoms with Gasteiger partial charge in [0, 0.05) is 26.2 Å². The zero-order valence-electron chi connectivity index (χ0n) is 22.8. The van der Waals surface area contributed by atoms with Crippen LogP contribution in [0.15, 0.2) is 0 Å². The second kappa shape index (κ2) is 14.5. The fourth-order valence-corrected chi connectivity index (χ4v) is 6.11. The maximum Gasteiger partial charge on any atom is 0.306 e. The zero-order valence-corrected chi connectivity index (χ0v) is 22.8. The van der Waals surface area contributed by atoms with E-state index in [1.165, 1.54) is 64.7 Å². The van der Waals surface area contributed by atoms with Gasteiger partial charge in [-0.2, -0.15) is 0 Å². The average Bonchev–Trinajstić information content (AvgIpc) is 3.13. The van der Waals surface area contributed by atoms with E-state index in [0.29, 0.717) is 25.7 Å². The molecule has 0 amide bonds. The third-order valence-electron chi connectivity index (χ3n) is 7.85. The molecule has 3 heterocycles. The van der Waals surface area contributed by atoms with Gasteiger partial charge in [-0.25, -0.2) is 0 Å². The van der Waals surface area contributed by atoms with E-state index in [2.05, 4.69) is 6.92 Å². The molecule has 0 saturated carbocycles. The number of ether oxygens (including phenoxy) is 4. The Morgan fingerprint density at radius 2 is 1.61 bits per heavy atom. The van der Waals surface area contributed by atoms with Crippen LogP contribution in [0.1, 0.15) is 130 Å². The second-order valence-corrected chi connectivity index (χ2v) is 11.4. The smallest absolute Gasteiger partial charge is 0.306 e. The fourth-order valence-electron chi connectivity index (χ4n) is 6.11. The predicted octanol–water partition coefficient (Wildman–Crippen LogP) is 6.19. The third kappa shape index (κ3) is 9.13. The van der Waals surface area contributed by atoms with E-state index in [-0.39, 0.29) is 54.5 Å². The molecule has 0 aliphatic carbocycles. The van der Waals surface area contributed by atoms with Crippen LogP contribution in [0.4, 0.5) is 0 Å². The van der Waals surface area contributed by atoms with Crippen molar-refractivity contribution in [1.29, 1.82) is 0 Å². The van der Waals surface area contributed by atoms with Crippen molar-refractivity contribution in [3.63, 3.8) is 0 Å². The first-order valence-electron chi connectivity index (χ1n) is 14.5. The van der Waals surface area contributed by atoms with E-state index in [1.807, 2.05) is 6.92 Å². The number of esters is 2. The van der Waals surface area contributed by atoms with Crippen LogP contribution in [0.5, 0.6) is 0 Å². The molecule has 7 heteroatoms. The quantitative estimate of drug-likeness (QED) is 0.192. The number of fused-ring (bicyclic) bond motifs is 1.